The van der Waals surface area contributed by atoms with E-state index in [0.29, 0.717) is 12.1 Å². The van der Waals surface area contributed by atoms with Crippen molar-refractivity contribution in [1.29, 1.82) is 0 Å². The monoisotopic (exact) mass is 398 g/mol. The van der Waals surface area contributed by atoms with Gasteiger partial charge in [0.15, 0.2) is 5.65 Å². The van der Waals surface area contributed by atoms with Crippen molar-refractivity contribution in [3.05, 3.63) is 89.7 Å². The second kappa shape index (κ2) is 8.11. The molecule has 1 N–H and O–H groups in total. The van der Waals surface area contributed by atoms with Gasteiger partial charge in [-0.3, -0.25) is 4.79 Å². The summed E-state index contributed by atoms with van der Waals surface area (Å²) in [6.07, 6.45) is 2.43. The van der Waals surface area contributed by atoms with Crippen LogP contribution >= 0.6 is 0 Å². The highest BCUT2D eigenvalue weighted by Crippen LogP contribution is 2.27. The first-order valence-corrected chi connectivity index (χ1v) is 10.2. The first kappa shape index (κ1) is 19.8. The molecule has 4 rings (SSSR count). The number of fused-ring (bicyclic) bond motifs is 1. The van der Waals surface area contributed by atoms with Gasteiger partial charge < -0.3 is 5.32 Å². The minimum absolute atomic E-state index is 0.111. The van der Waals surface area contributed by atoms with E-state index in [1.165, 1.54) is 5.56 Å². The highest BCUT2D eigenvalue weighted by Gasteiger charge is 2.22. The summed E-state index contributed by atoms with van der Waals surface area (Å²) in [7, 11) is 0. The fraction of sp³-hybridized carbons (Fsp3) is 0.240. The summed E-state index contributed by atoms with van der Waals surface area (Å²) in [5, 5.41) is 7.84. The summed E-state index contributed by atoms with van der Waals surface area (Å²) < 4.78 is 1.79. The van der Waals surface area contributed by atoms with Crippen molar-refractivity contribution in [2.45, 2.75) is 32.6 Å². The number of benzene rings is 2. The minimum atomic E-state index is -0.146. The molecule has 0 fully saturated rings. The lowest BCUT2D eigenvalue weighted by molar-refractivity contribution is 0.0954. The van der Waals surface area contributed by atoms with Crippen molar-refractivity contribution in [2.24, 2.45) is 0 Å². The Balaban J connectivity index is 1.70. The van der Waals surface area contributed by atoms with Crippen LogP contribution in [0.3, 0.4) is 0 Å². The fourth-order valence-electron chi connectivity index (χ4n) is 3.40. The second-order valence-corrected chi connectivity index (χ2v) is 8.43. The molecule has 2 heterocycles. The summed E-state index contributed by atoms with van der Waals surface area (Å²) in [5.41, 5.74) is 4.96. The normalized spacial score (nSPS) is 11.6. The quantitative estimate of drug-likeness (QED) is 0.532. The minimum Gasteiger partial charge on any atom is -0.352 e. The summed E-state index contributed by atoms with van der Waals surface area (Å²) in [4.78, 5) is 17.6. The van der Waals surface area contributed by atoms with E-state index in [1.807, 2.05) is 54.6 Å². The lowest BCUT2D eigenvalue weighted by Crippen LogP contribution is -2.27. The third-order valence-corrected chi connectivity index (χ3v) is 5.09. The van der Waals surface area contributed by atoms with E-state index < -0.39 is 0 Å². The Kier molecular flexibility index (Phi) is 5.36. The highest BCUT2D eigenvalue weighted by molar-refractivity contribution is 6.00. The molecule has 0 atom stereocenters. The van der Waals surface area contributed by atoms with Gasteiger partial charge in [-0.1, -0.05) is 81.4 Å². The molecule has 0 aliphatic carbocycles. The molecule has 5 heteroatoms. The zero-order valence-corrected chi connectivity index (χ0v) is 17.6. The molecular formula is C25H26N4O. The van der Waals surface area contributed by atoms with Crippen LogP contribution in [-0.2, 0) is 11.8 Å². The number of carbonyl (C=O) groups is 1. The van der Waals surface area contributed by atoms with Crippen LogP contribution < -0.4 is 5.32 Å². The average Bonchev–Trinajstić information content (AvgIpc) is 3.19. The Morgan fingerprint density at radius 1 is 1.00 bits per heavy atom. The Labute approximate surface area is 176 Å². The molecule has 0 spiro atoms. The fourth-order valence-corrected chi connectivity index (χ4v) is 3.40. The Morgan fingerprint density at radius 2 is 1.67 bits per heavy atom. The van der Waals surface area contributed by atoms with Gasteiger partial charge >= 0.3 is 0 Å². The SMILES string of the molecule is CC(C)(C)c1cc2ncc(C(=O)NCCc3ccccc3)c(-c3ccccc3)n2n1. The third kappa shape index (κ3) is 4.10. The predicted molar refractivity (Wildman–Crippen MR) is 120 cm³/mol. The first-order chi connectivity index (χ1) is 14.4. The van der Waals surface area contributed by atoms with Crippen molar-refractivity contribution in [3.8, 4) is 11.3 Å². The van der Waals surface area contributed by atoms with Gasteiger partial charge in [0, 0.05) is 29.8 Å². The van der Waals surface area contributed by atoms with Crippen LogP contribution in [0, 0.1) is 0 Å². The zero-order chi connectivity index (χ0) is 21.1. The van der Waals surface area contributed by atoms with E-state index in [9.17, 15) is 4.79 Å². The van der Waals surface area contributed by atoms with Gasteiger partial charge in [-0.25, -0.2) is 9.50 Å². The van der Waals surface area contributed by atoms with E-state index in [4.69, 9.17) is 5.10 Å². The number of hydrogen-bond donors (Lipinski definition) is 1. The van der Waals surface area contributed by atoms with Gasteiger partial charge in [0.25, 0.3) is 5.91 Å². The van der Waals surface area contributed by atoms with Gasteiger partial charge in [0.05, 0.1) is 17.0 Å². The molecule has 0 saturated carbocycles. The molecule has 0 aliphatic rings. The van der Waals surface area contributed by atoms with Crippen LogP contribution in [0.5, 0.6) is 0 Å². The number of nitrogens with zero attached hydrogens (tertiary/aromatic N) is 3. The molecule has 30 heavy (non-hydrogen) atoms. The van der Waals surface area contributed by atoms with E-state index in [0.717, 1.165) is 29.0 Å². The second-order valence-electron chi connectivity index (χ2n) is 8.43. The van der Waals surface area contributed by atoms with E-state index in [2.05, 4.69) is 43.2 Å². The highest BCUT2D eigenvalue weighted by atomic mass is 16.1. The Bertz CT molecular complexity index is 1160. The van der Waals surface area contributed by atoms with Crippen LogP contribution in [0.4, 0.5) is 0 Å². The number of carbonyl (C=O) groups excluding carboxylic acids is 1. The van der Waals surface area contributed by atoms with E-state index >= 15 is 0 Å². The molecule has 0 radical (unpaired) electrons. The standard InChI is InChI=1S/C25H26N4O/c1-25(2,3)21-16-22-27-17-20(23(29(22)28-21)19-12-8-5-9-13-19)24(30)26-15-14-18-10-6-4-7-11-18/h4-13,16-17H,14-15H2,1-3H3,(H,26,30). The van der Waals surface area contributed by atoms with Crippen LogP contribution in [0.25, 0.3) is 16.9 Å². The number of rotatable bonds is 5. The van der Waals surface area contributed by atoms with Gasteiger partial charge in [-0.2, -0.15) is 5.10 Å². The summed E-state index contributed by atoms with van der Waals surface area (Å²) >= 11 is 0. The van der Waals surface area contributed by atoms with E-state index in [1.54, 1.807) is 10.7 Å². The smallest absolute Gasteiger partial charge is 0.255 e. The van der Waals surface area contributed by atoms with Crippen molar-refractivity contribution < 1.29 is 4.79 Å². The lowest BCUT2D eigenvalue weighted by atomic mass is 9.93. The van der Waals surface area contributed by atoms with Crippen molar-refractivity contribution >= 4 is 11.6 Å². The molecule has 152 valence electrons. The summed E-state index contributed by atoms with van der Waals surface area (Å²) in [5.74, 6) is -0.146. The molecule has 0 aliphatic heterocycles. The van der Waals surface area contributed by atoms with Crippen molar-refractivity contribution in [3.63, 3.8) is 0 Å². The molecule has 1 amide bonds. The molecule has 4 aromatic rings. The summed E-state index contributed by atoms with van der Waals surface area (Å²) in [6, 6.07) is 22.0. The molecule has 0 saturated heterocycles. The van der Waals surface area contributed by atoms with Crippen LogP contribution in [-0.4, -0.2) is 27.0 Å². The molecule has 5 nitrogen and oxygen atoms in total. The van der Waals surface area contributed by atoms with Gasteiger partial charge in [0.2, 0.25) is 0 Å². The average molecular weight is 399 g/mol. The largest absolute Gasteiger partial charge is 0.352 e. The molecule has 2 aromatic heterocycles. The predicted octanol–water partition coefficient (Wildman–Crippen LogP) is 4.67. The Hall–Kier alpha value is -3.47. The molecular weight excluding hydrogens is 372 g/mol. The summed E-state index contributed by atoms with van der Waals surface area (Å²) in [6.45, 7) is 6.91. The number of aromatic nitrogens is 3. The maximum absolute atomic E-state index is 13.1. The first-order valence-electron chi connectivity index (χ1n) is 10.2. The van der Waals surface area contributed by atoms with Crippen LogP contribution in [0.15, 0.2) is 72.9 Å². The van der Waals surface area contributed by atoms with Crippen LogP contribution in [0.1, 0.15) is 42.4 Å². The van der Waals surface area contributed by atoms with Crippen LogP contribution in [0.2, 0.25) is 0 Å². The molecule has 0 unspecified atom stereocenters. The molecule has 0 bridgehead atoms. The van der Waals surface area contributed by atoms with Crippen molar-refractivity contribution in [1.82, 2.24) is 19.9 Å². The van der Waals surface area contributed by atoms with Gasteiger partial charge in [-0.05, 0) is 12.0 Å². The maximum atomic E-state index is 13.1. The number of amides is 1. The van der Waals surface area contributed by atoms with Crippen molar-refractivity contribution in [2.75, 3.05) is 6.54 Å². The maximum Gasteiger partial charge on any atom is 0.255 e. The van der Waals surface area contributed by atoms with Gasteiger partial charge in [-0.15, -0.1) is 0 Å². The zero-order valence-electron chi connectivity index (χ0n) is 17.6. The molecule has 2 aromatic carbocycles. The number of nitrogens with one attached hydrogen (secondary N) is 1. The number of hydrogen-bond acceptors (Lipinski definition) is 3. The van der Waals surface area contributed by atoms with E-state index in [-0.39, 0.29) is 11.3 Å². The lowest BCUT2D eigenvalue weighted by Gasteiger charge is -2.14. The third-order valence-electron chi connectivity index (χ3n) is 5.09. The Morgan fingerprint density at radius 3 is 2.33 bits per heavy atom. The van der Waals surface area contributed by atoms with Gasteiger partial charge in [0.1, 0.15) is 0 Å². The topological polar surface area (TPSA) is 59.3 Å².